The SMILES string of the molecule is CCOC(=O)c1ccc(NC(=O)N2CCCCC2c2nc(-c3ccc(F)cc3)no2)cc1. The number of carbonyl (C=O) groups excluding carboxylic acids is 2. The standard InChI is InChI=1S/C23H23FN4O4/c1-2-31-22(29)16-8-12-18(13-9-16)25-23(30)28-14-4-3-5-19(28)21-26-20(27-32-21)15-6-10-17(24)11-7-15/h6-13,19H,2-5,14H2,1H3,(H,25,30). The number of ether oxygens (including phenoxy) is 1. The van der Waals surface area contributed by atoms with E-state index in [2.05, 4.69) is 15.5 Å². The number of likely N-dealkylation sites (tertiary alicyclic amines) is 1. The number of benzene rings is 2. The highest BCUT2D eigenvalue weighted by Crippen LogP contribution is 2.31. The summed E-state index contributed by atoms with van der Waals surface area (Å²) >= 11 is 0. The van der Waals surface area contributed by atoms with Gasteiger partial charge in [-0.3, -0.25) is 0 Å². The number of nitrogens with one attached hydrogen (secondary N) is 1. The molecule has 1 aliphatic heterocycles. The summed E-state index contributed by atoms with van der Waals surface area (Å²) in [4.78, 5) is 30.9. The van der Waals surface area contributed by atoms with Crippen molar-refractivity contribution in [2.75, 3.05) is 18.5 Å². The lowest BCUT2D eigenvalue weighted by Crippen LogP contribution is -2.41. The highest BCUT2D eigenvalue weighted by molar-refractivity contribution is 5.92. The number of rotatable bonds is 5. The molecule has 32 heavy (non-hydrogen) atoms. The molecular formula is C23H23FN4O4. The third-order valence-electron chi connectivity index (χ3n) is 5.24. The first-order valence-corrected chi connectivity index (χ1v) is 10.5. The van der Waals surface area contributed by atoms with E-state index in [-0.39, 0.29) is 17.9 Å². The van der Waals surface area contributed by atoms with Gasteiger partial charge in [0, 0.05) is 17.8 Å². The zero-order chi connectivity index (χ0) is 22.5. The summed E-state index contributed by atoms with van der Waals surface area (Å²) in [5.74, 6) is -0.0602. The topological polar surface area (TPSA) is 97.6 Å². The Balaban J connectivity index is 1.47. The lowest BCUT2D eigenvalue weighted by atomic mass is 10.0. The quantitative estimate of drug-likeness (QED) is 0.574. The van der Waals surface area contributed by atoms with Crippen molar-refractivity contribution in [3.63, 3.8) is 0 Å². The van der Waals surface area contributed by atoms with E-state index in [0.717, 1.165) is 12.8 Å². The van der Waals surface area contributed by atoms with Gasteiger partial charge in [0.05, 0.1) is 12.2 Å². The van der Waals surface area contributed by atoms with Crippen molar-refractivity contribution < 1.29 is 23.2 Å². The van der Waals surface area contributed by atoms with Crippen molar-refractivity contribution in [3.05, 3.63) is 65.8 Å². The van der Waals surface area contributed by atoms with Crippen molar-refractivity contribution in [1.82, 2.24) is 15.0 Å². The Hall–Kier alpha value is -3.75. The molecule has 2 heterocycles. The first-order valence-electron chi connectivity index (χ1n) is 10.5. The van der Waals surface area contributed by atoms with Crippen LogP contribution in [0.15, 0.2) is 53.1 Å². The summed E-state index contributed by atoms with van der Waals surface area (Å²) in [7, 11) is 0. The Labute approximate surface area is 184 Å². The normalized spacial score (nSPS) is 15.9. The van der Waals surface area contributed by atoms with Crippen molar-refractivity contribution in [1.29, 1.82) is 0 Å². The van der Waals surface area contributed by atoms with E-state index in [0.29, 0.717) is 48.1 Å². The van der Waals surface area contributed by atoms with E-state index in [1.54, 1.807) is 48.2 Å². The molecule has 166 valence electrons. The lowest BCUT2D eigenvalue weighted by Gasteiger charge is -2.33. The van der Waals surface area contributed by atoms with Gasteiger partial charge in [-0.15, -0.1) is 0 Å². The van der Waals surface area contributed by atoms with Crippen molar-refractivity contribution in [2.24, 2.45) is 0 Å². The van der Waals surface area contributed by atoms with Gasteiger partial charge in [0.15, 0.2) is 0 Å². The van der Waals surface area contributed by atoms with Crippen LogP contribution in [0.5, 0.6) is 0 Å². The molecule has 1 aliphatic rings. The molecule has 1 atom stereocenters. The Kier molecular flexibility index (Phi) is 6.44. The summed E-state index contributed by atoms with van der Waals surface area (Å²) < 4.78 is 23.6. The molecule has 1 fully saturated rings. The second-order valence-electron chi connectivity index (χ2n) is 7.40. The van der Waals surface area contributed by atoms with Gasteiger partial charge in [0.25, 0.3) is 0 Å². The summed E-state index contributed by atoms with van der Waals surface area (Å²) in [6, 6.07) is 11.7. The number of piperidine rings is 1. The Morgan fingerprint density at radius 1 is 1.16 bits per heavy atom. The number of anilines is 1. The molecule has 3 aromatic rings. The highest BCUT2D eigenvalue weighted by Gasteiger charge is 2.32. The smallest absolute Gasteiger partial charge is 0.338 e. The van der Waals surface area contributed by atoms with Gasteiger partial charge in [-0.2, -0.15) is 4.98 Å². The summed E-state index contributed by atoms with van der Waals surface area (Å²) in [6.07, 6.45) is 2.49. The van der Waals surface area contributed by atoms with Crippen LogP contribution in [0.25, 0.3) is 11.4 Å². The molecule has 9 heteroatoms. The van der Waals surface area contributed by atoms with Crippen LogP contribution in [-0.4, -0.2) is 40.2 Å². The van der Waals surface area contributed by atoms with Crippen LogP contribution in [0, 0.1) is 5.82 Å². The van der Waals surface area contributed by atoms with Crippen LogP contribution in [0.2, 0.25) is 0 Å². The van der Waals surface area contributed by atoms with Crippen LogP contribution in [0.3, 0.4) is 0 Å². The Morgan fingerprint density at radius 2 is 1.91 bits per heavy atom. The number of nitrogens with zero attached hydrogens (tertiary/aromatic N) is 3. The number of urea groups is 1. The Morgan fingerprint density at radius 3 is 2.62 bits per heavy atom. The van der Waals surface area contributed by atoms with Crippen molar-refractivity contribution in [2.45, 2.75) is 32.2 Å². The molecule has 0 radical (unpaired) electrons. The molecule has 0 aliphatic carbocycles. The molecule has 4 rings (SSSR count). The fourth-order valence-corrected chi connectivity index (χ4v) is 3.62. The van der Waals surface area contributed by atoms with Crippen LogP contribution < -0.4 is 5.32 Å². The van der Waals surface area contributed by atoms with Gasteiger partial charge >= 0.3 is 12.0 Å². The van der Waals surface area contributed by atoms with Gasteiger partial charge in [-0.25, -0.2) is 14.0 Å². The molecule has 1 unspecified atom stereocenters. The molecule has 2 amide bonds. The van der Waals surface area contributed by atoms with Crippen LogP contribution in [-0.2, 0) is 4.74 Å². The molecule has 1 aromatic heterocycles. The van der Waals surface area contributed by atoms with Crippen LogP contribution >= 0.6 is 0 Å². The van der Waals surface area contributed by atoms with Gasteiger partial charge in [-0.05, 0) is 74.7 Å². The summed E-state index contributed by atoms with van der Waals surface area (Å²) in [5.41, 5.74) is 1.61. The molecule has 2 aromatic carbocycles. The maximum absolute atomic E-state index is 13.2. The maximum atomic E-state index is 13.2. The van der Waals surface area contributed by atoms with Crippen LogP contribution in [0.1, 0.15) is 48.5 Å². The zero-order valence-electron chi connectivity index (χ0n) is 17.6. The van der Waals surface area contributed by atoms with Crippen molar-refractivity contribution >= 4 is 17.7 Å². The second kappa shape index (κ2) is 9.59. The maximum Gasteiger partial charge on any atom is 0.338 e. The highest BCUT2D eigenvalue weighted by atomic mass is 19.1. The van der Waals surface area contributed by atoms with E-state index in [1.165, 1.54) is 12.1 Å². The fourth-order valence-electron chi connectivity index (χ4n) is 3.62. The van der Waals surface area contributed by atoms with Gasteiger partial charge in [0.1, 0.15) is 11.9 Å². The predicted molar refractivity (Wildman–Crippen MR) is 114 cm³/mol. The minimum absolute atomic E-state index is 0.292. The molecule has 1 saturated heterocycles. The summed E-state index contributed by atoms with van der Waals surface area (Å²) in [5, 5.41) is 6.86. The minimum atomic E-state index is -0.408. The predicted octanol–water partition coefficient (Wildman–Crippen LogP) is 4.81. The van der Waals surface area contributed by atoms with E-state index in [4.69, 9.17) is 9.26 Å². The van der Waals surface area contributed by atoms with Gasteiger partial charge < -0.3 is 19.5 Å². The average molecular weight is 438 g/mol. The van der Waals surface area contributed by atoms with E-state index < -0.39 is 5.97 Å². The number of halogens is 1. The van der Waals surface area contributed by atoms with Crippen LogP contribution in [0.4, 0.5) is 14.9 Å². The average Bonchev–Trinajstić information content (AvgIpc) is 3.30. The molecule has 0 saturated carbocycles. The van der Waals surface area contributed by atoms with E-state index in [9.17, 15) is 14.0 Å². The summed E-state index contributed by atoms with van der Waals surface area (Å²) in [6.45, 7) is 2.59. The van der Waals surface area contributed by atoms with Crippen molar-refractivity contribution in [3.8, 4) is 11.4 Å². The zero-order valence-corrected chi connectivity index (χ0v) is 17.6. The third-order valence-corrected chi connectivity index (χ3v) is 5.24. The largest absolute Gasteiger partial charge is 0.462 e. The van der Waals surface area contributed by atoms with E-state index >= 15 is 0 Å². The lowest BCUT2D eigenvalue weighted by molar-refractivity contribution is 0.0526. The molecular weight excluding hydrogens is 415 g/mol. The van der Waals surface area contributed by atoms with Gasteiger partial charge in [0.2, 0.25) is 11.7 Å². The monoisotopic (exact) mass is 438 g/mol. The molecule has 0 spiro atoms. The number of hydrogen-bond acceptors (Lipinski definition) is 6. The van der Waals surface area contributed by atoms with Gasteiger partial charge in [-0.1, -0.05) is 5.16 Å². The Bertz CT molecular complexity index is 1080. The number of esters is 1. The first-order chi connectivity index (χ1) is 15.5. The number of aromatic nitrogens is 2. The number of amides is 2. The number of hydrogen-bond donors (Lipinski definition) is 1. The molecule has 1 N–H and O–H groups in total. The minimum Gasteiger partial charge on any atom is -0.462 e. The third kappa shape index (κ3) is 4.77. The molecule has 0 bridgehead atoms. The molecule has 8 nitrogen and oxygen atoms in total. The number of carbonyl (C=O) groups is 2. The van der Waals surface area contributed by atoms with E-state index in [1.807, 2.05) is 0 Å². The second-order valence-corrected chi connectivity index (χ2v) is 7.40. The first kappa shape index (κ1) is 21.5. The fraction of sp³-hybridized carbons (Fsp3) is 0.304.